The van der Waals surface area contributed by atoms with Crippen LogP contribution in [0.1, 0.15) is 33.2 Å². The number of carboxylic acid groups (broad SMARTS) is 1. The highest BCUT2D eigenvalue weighted by molar-refractivity contribution is 5.95. The molecule has 1 aromatic heterocycles. The molecule has 3 aromatic rings. The summed E-state index contributed by atoms with van der Waals surface area (Å²) in [6, 6.07) is 16.2. The normalized spacial score (nSPS) is 14.6. The van der Waals surface area contributed by atoms with Gasteiger partial charge < -0.3 is 20.1 Å². The molecule has 5 rings (SSSR count). The van der Waals surface area contributed by atoms with E-state index in [9.17, 15) is 14.4 Å². The summed E-state index contributed by atoms with van der Waals surface area (Å²) in [7, 11) is 0. The molecule has 2 aliphatic rings. The fourth-order valence-corrected chi connectivity index (χ4v) is 4.34. The lowest BCUT2D eigenvalue weighted by atomic mass is 9.98. The van der Waals surface area contributed by atoms with Crippen LogP contribution >= 0.6 is 0 Å². The topological polar surface area (TPSA) is 122 Å². The molecule has 34 heavy (non-hydrogen) atoms. The van der Waals surface area contributed by atoms with E-state index < -0.39 is 18.0 Å². The monoisotopic (exact) mass is 458 g/mol. The molecule has 0 radical (unpaired) electrons. The molecule has 1 fully saturated rings. The number of aliphatic carboxylic acids is 1. The largest absolute Gasteiger partial charge is 0.481 e. The Hall–Kier alpha value is -4.27. The number of carbonyl (C=O) groups excluding carboxylic acids is 2. The molecule has 0 saturated carbocycles. The van der Waals surface area contributed by atoms with Gasteiger partial charge in [-0.1, -0.05) is 48.5 Å². The highest BCUT2D eigenvalue weighted by atomic mass is 16.5. The van der Waals surface area contributed by atoms with Crippen LogP contribution in [0.3, 0.4) is 0 Å². The summed E-state index contributed by atoms with van der Waals surface area (Å²) < 4.78 is 5.49. The van der Waals surface area contributed by atoms with Crippen molar-refractivity contribution < 1.29 is 24.2 Å². The molecule has 0 bridgehead atoms. The zero-order valence-corrected chi connectivity index (χ0v) is 18.2. The molecule has 0 atom stereocenters. The molecule has 172 valence electrons. The summed E-state index contributed by atoms with van der Waals surface area (Å²) in [5.41, 5.74) is 4.86. The number of fused-ring (bicyclic) bond motifs is 3. The second-order valence-corrected chi connectivity index (χ2v) is 8.31. The molecule has 0 unspecified atom stereocenters. The van der Waals surface area contributed by atoms with Crippen LogP contribution in [0, 0.1) is 5.92 Å². The molecule has 0 spiro atoms. The Morgan fingerprint density at radius 3 is 2.15 bits per heavy atom. The van der Waals surface area contributed by atoms with E-state index >= 15 is 0 Å². The van der Waals surface area contributed by atoms with E-state index in [1.807, 2.05) is 24.3 Å². The molecule has 2 N–H and O–H groups in total. The lowest BCUT2D eigenvalue weighted by molar-refractivity contribution is -0.146. The Balaban J connectivity index is 1.13. The summed E-state index contributed by atoms with van der Waals surface area (Å²) in [5.74, 6) is -1.44. The van der Waals surface area contributed by atoms with E-state index in [1.165, 1.54) is 17.3 Å². The van der Waals surface area contributed by atoms with Gasteiger partial charge in [-0.05, 0) is 22.3 Å². The number of nitrogens with one attached hydrogen (secondary N) is 1. The lowest BCUT2D eigenvalue weighted by Gasteiger charge is -2.36. The van der Waals surface area contributed by atoms with Crippen LogP contribution in [-0.4, -0.2) is 57.6 Å². The summed E-state index contributed by atoms with van der Waals surface area (Å²) in [5, 5.41) is 11.6. The quantitative estimate of drug-likeness (QED) is 0.582. The van der Waals surface area contributed by atoms with Gasteiger partial charge in [0.15, 0.2) is 0 Å². The van der Waals surface area contributed by atoms with Gasteiger partial charge in [-0.25, -0.2) is 14.8 Å². The van der Waals surface area contributed by atoms with Crippen molar-refractivity contribution in [2.75, 3.05) is 19.7 Å². The molecule has 2 heterocycles. The Morgan fingerprint density at radius 2 is 1.56 bits per heavy atom. The van der Waals surface area contributed by atoms with Crippen molar-refractivity contribution in [3.8, 4) is 11.1 Å². The minimum atomic E-state index is -0.907. The highest BCUT2D eigenvalue weighted by Crippen LogP contribution is 2.44. The third kappa shape index (κ3) is 4.07. The maximum Gasteiger partial charge on any atom is 0.407 e. The Kier molecular flexibility index (Phi) is 5.67. The molecular weight excluding hydrogens is 436 g/mol. The number of aromatic nitrogens is 2. The van der Waals surface area contributed by atoms with Crippen molar-refractivity contribution in [1.82, 2.24) is 20.2 Å². The van der Waals surface area contributed by atoms with Crippen LogP contribution < -0.4 is 5.32 Å². The maximum absolute atomic E-state index is 12.3. The molecule has 2 aromatic carbocycles. The van der Waals surface area contributed by atoms with Crippen LogP contribution in [0.15, 0.2) is 60.9 Å². The van der Waals surface area contributed by atoms with Crippen molar-refractivity contribution in [2.45, 2.75) is 12.5 Å². The number of carbonyl (C=O) groups is 3. The first-order valence-electron chi connectivity index (χ1n) is 10.9. The number of nitrogens with zero attached hydrogens (tertiary/aromatic N) is 3. The Morgan fingerprint density at radius 1 is 0.971 bits per heavy atom. The van der Waals surface area contributed by atoms with Crippen molar-refractivity contribution in [3.05, 3.63) is 83.4 Å². The number of amides is 2. The van der Waals surface area contributed by atoms with Crippen LogP contribution in [-0.2, 0) is 16.1 Å². The lowest BCUT2D eigenvalue weighted by Crippen LogP contribution is -2.53. The Bertz CT molecular complexity index is 1210. The van der Waals surface area contributed by atoms with Gasteiger partial charge in [0.1, 0.15) is 12.4 Å². The third-order valence-electron chi connectivity index (χ3n) is 6.20. The third-order valence-corrected chi connectivity index (χ3v) is 6.20. The Labute approximate surface area is 195 Å². The fraction of sp³-hybridized carbons (Fsp3) is 0.240. The fourth-order valence-electron chi connectivity index (χ4n) is 4.34. The van der Waals surface area contributed by atoms with Gasteiger partial charge in [-0.15, -0.1) is 0 Å². The van der Waals surface area contributed by atoms with Gasteiger partial charge in [-0.2, -0.15) is 0 Å². The number of ether oxygens (including phenoxy) is 1. The first-order chi connectivity index (χ1) is 16.5. The number of hydrogen-bond acceptors (Lipinski definition) is 6. The second kappa shape index (κ2) is 8.93. The number of carboxylic acids is 1. The molecule has 9 heteroatoms. The maximum atomic E-state index is 12.3. The minimum Gasteiger partial charge on any atom is -0.481 e. The van der Waals surface area contributed by atoms with Gasteiger partial charge in [0, 0.05) is 31.4 Å². The standard InChI is InChI=1S/C25H22N4O5/c30-23(29-12-16(13-29)24(31)32)15-9-26-22(27-10-15)11-28-25(33)34-14-21-19-7-3-1-5-17(19)18-6-2-4-8-20(18)21/h1-10,16,21H,11-14H2,(H,28,33)(H,31,32). The minimum absolute atomic E-state index is 0.0260. The smallest absolute Gasteiger partial charge is 0.407 e. The van der Waals surface area contributed by atoms with Gasteiger partial charge >= 0.3 is 12.1 Å². The van der Waals surface area contributed by atoms with E-state index in [1.54, 1.807) is 0 Å². The summed E-state index contributed by atoms with van der Waals surface area (Å²) in [4.78, 5) is 45.2. The first kappa shape index (κ1) is 21.6. The predicted molar refractivity (Wildman–Crippen MR) is 121 cm³/mol. The predicted octanol–water partition coefficient (Wildman–Crippen LogP) is 2.67. The van der Waals surface area contributed by atoms with E-state index in [0.29, 0.717) is 5.82 Å². The number of hydrogen-bond donors (Lipinski definition) is 2. The van der Waals surface area contributed by atoms with Gasteiger partial charge in [0.05, 0.1) is 18.0 Å². The first-order valence-corrected chi connectivity index (χ1v) is 10.9. The molecular formula is C25H22N4O5. The van der Waals surface area contributed by atoms with Crippen LogP contribution in [0.4, 0.5) is 4.79 Å². The van der Waals surface area contributed by atoms with Crippen molar-refractivity contribution in [2.24, 2.45) is 5.92 Å². The molecule has 2 amide bonds. The summed E-state index contributed by atoms with van der Waals surface area (Å²) in [6.45, 7) is 0.621. The average molecular weight is 458 g/mol. The summed E-state index contributed by atoms with van der Waals surface area (Å²) in [6.07, 6.45) is 2.17. The number of benzene rings is 2. The van der Waals surface area contributed by atoms with Gasteiger partial charge in [0.2, 0.25) is 0 Å². The molecule has 1 aliphatic heterocycles. The molecule has 9 nitrogen and oxygen atoms in total. The van der Waals surface area contributed by atoms with Crippen LogP contribution in [0.25, 0.3) is 11.1 Å². The SMILES string of the molecule is O=C(NCc1ncc(C(=O)N2CC(C(=O)O)C2)cn1)OCC1c2ccccc2-c2ccccc21. The van der Waals surface area contributed by atoms with Gasteiger partial charge in [0.25, 0.3) is 5.91 Å². The van der Waals surface area contributed by atoms with Crippen molar-refractivity contribution >= 4 is 18.0 Å². The van der Waals surface area contributed by atoms with E-state index in [2.05, 4.69) is 39.6 Å². The van der Waals surface area contributed by atoms with E-state index in [4.69, 9.17) is 9.84 Å². The van der Waals surface area contributed by atoms with E-state index in [-0.39, 0.29) is 43.6 Å². The van der Waals surface area contributed by atoms with Crippen LogP contribution in [0.2, 0.25) is 0 Å². The second-order valence-electron chi connectivity index (χ2n) is 8.31. The number of alkyl carbamates (subject to hydrolysis) is 1. The average Bonchev–Trinajstić information content (AvgIpc) is 3.14. The molecule has 1 saturated heterocycles. The van der Waals surface area contributed by atoms with Crippen molar-refractivity contribution in [1.29, 1.82) is 0 Å². The summed E-state index contributed by atoms with van der Waals surface area (Å²) >= 11 is 0. The number of rotatable bonds is 6. The highest BCUT2D eigenvalue weighted by Gasteiger charge is 2.36. The van der Waals surface area contributed by atoms with E-state index in [0.717, 1.165) is 22.3 Å². The van der Waals surface area contributed by atoms with Crippen molar-refractivity contribution in [3.63, 3.8) is 0 Å². The van der Waals surface area contributed by atoms with Gasteiger partial charge in [-0.3, -0.25) is 9.59 Å². The zero-order valence-electron chi connectivity index (χ0n) is 18.2. The van der Waals surface area contributed by atoms with Crippen LogP contribution in [0.5, 0.6) is 0 Å². The molecule has 1 aliphatic carbocycles. The number of likely N-dealkylation sites (tertiary alicyclic amines) is 1. The zero-order chi connectivity index (χ0) is 23.7.